The third-order valence-corrected chi connectivity index (χ3v) is 9.07. The summed E-state index contributed by atoms with van der Waals surface area (Å²) in [5.74, 6) is 0.403. The Morgan fingerprint density at radius 2 is 1.50 bits per heavy atom. The predicted octanol–water partition coefficient (Wildman–Crippen LogP) is 9.50. The quantitative estimate of drug-likeness (QED) is 0.0728. The molecule has 0 bridgehead atoms. The van der Waals surface area contributed by atoms with Crippen molar-refractivity contribution in [3.63, 3.8) is 0 Å². The fourth-order valence-corrected chi connectivity index (χ4v) is 6.23. The summed E-state index contributed by atoms with van der Waals surface area (Å²) in [6, 6.07) is 13.2. The number of allylic oxidation sites excluding steroid dienone is 4. The molecule has 1 fully saturated rings. The lowest BCUT2D eigenvalue weighted by atomic mass is 9.78. The average Bonchev–Trinajstić information content (AvgIpc) is 3.06. The topological polar surface area (TPSA) is 72.8 Å². The van der Waals surface area contributed by atoms with Gasteiger partial charge in [-0.15, -0.1) is 0 Å². The monoisotopic (exact) mass is 626 g/mol. The molecule has 0 heterocycles. The summed E-state index contributed by atoms with van der Waals surface area (Å²) in [7, 11) is 0. The fourth-order valence-electron chi connectivity index (χ4n) is 6.23. The number of hydrogen-bond acceptors (Lipinski definition) is 5. The number of carbonyl (C=O) groups is 2. The van der Waals surface area contributed by atoms with Gasteiger partial charge in [0.15, 0.2) is 0 Å². The standard InChI is InChI=1S/C41H54O5/c1-7-10-33-15-17-34(18-16-33)11-8-9-12-35-19-20-39-25-37(21-22-38(39)24-35)31(5)14-13-30(4)23-36(27-45-40(43)29(2)3)28-46-41(44)32(6)26-42/h13-14,19-22,24-25,33-34,36,42H,2,4-12,15-18,23,26-28H2,1,3H3/b14-13-/t33?,34?,36-/m1/s1. The summed E-state index contributed by atoms with van der Waals surface area (Å²) in [6.45, 7) is 18.9. The second kappa shape index (κ2) is 19.1. The van der Waals surface area contributed by atoms with E-state index < -0.39 is 18.5 Å². The molecule has 1 saturated carbocycles. The van der Waals surface area contributed by atoms with Crippen LogP contribution >= 0.6 is 0 Å². The zero-order chi connectivity index (χ0) is 33.5. The minimum Gasteiger partial charge on any atom is -0.462 e. The van der Waals surface area contributed by atoms with Crippen LogP contribution in [0.5, 0.6) is 0 Å². The van der Waals surface area contributed by atoms with Crippen LogP contribution in [0, 0.1) is 17.8 Å². The molecule has 0 spiro atoms. The molecule has 0 amide bonds. The Hall–Kier alpha value is -3.70. The van der Waals surface area contributed by atoms with E-state index in [1.807, 2.05) is 12.2 Å². The Morgan fingerprint density at radius 1 is 0.870 bits per heavy atom. The van der Waals surface area contributed by atoms with Gasteiger partial charge in [-0.3, -0.25) is 0 Å². The number of ether oxygens (including phenoxy) is 2. The smallest absolute Gasteiger partial charge is 0.335 e. The van der Waals surface area contributed by atoms with Gasteiger partial charge >= 0.3 is 11.9 Å². The Kier molecular flexibility index (Phi) is 15.2. The number of aryl methyl sites for hydroxylation is 1. The van der Waals surface area contributed by atoms with E-state index in [0.29, 0.717) is 6.42 Å². The molecule has 46 heavy (non-hydrogen) atoms. The molecule has 0 unspecified atom stereocenters. The predicted molar refractivity (Wildman–Crippen MR) is 190 cm³/mol. The van der Waals surface area contributed by atoms with Crippen LogP contribution in [0.4, 0.5) is 0 Å². The van der Waals surface area contributed by atoms with E-state index in [4.69, 9.17) is 14.6 Å². The molecule has 0 saturated heterocycles. The van der Waals surface area contributed by atoms with Gasteiger partial charge in [0.2, 0.25) is 0 Å². The first-order valence-corrected chi connectivity index (χ1v) is 17.0. The summed E-state index contributed by atoms with van der Waals surface area (Å²) in [5.41, 5.74) is 4.30. The van der Waals surface area contributed by atoms with Gasteiger partial charge in [-0.05, 0) is 71.6 Å². The number of rotatable bonds is 19. The van der Waals surface area contributed by atoms with E-state index >= 15 is 0 Å². The minimum atomic E-state index is -0.688. The first-order chi connectivity index (χ1) is 22.1. The van der Waals surface area contributed by atoms with Gasteiger partial charge in [0.25, 0.3) is 0 Å². The number of esters is 2. The van der Waals surface area contributed by atoms with Gasteiger partial charge in [0.1, 0.15) is 0 Å². The molecule has 2 aromatic carbocycles. The van der Waals surface area contributed by atoms with Crippen LogP contribution in [-0.2, 0) is 25.5 Å². The third kappa shape index (κ3) is 12.2. The van der Waals surface area contributed by atoms with Crippen LogP contribution < -0.4 is 0 Å². The van der Waals surface area contributed by atoms with Crippen molar-refractivity contribution >= 4 is 28.3 Å². The van der Waals surface area contributed by atoms with E-state index in [1.54, 1.807) is 6.92 Å². The SMILES string of the molecule is C=C(/C=C\C(=C)c1ccc2cc(CCCCC3CCC(CCC)CC3)ccc2c1)C[C@H](COC(=O)C(=C)C)COC(=O)C(=C)CO. The molecule has 1 atom stereocenters. The molecule has 0 radical (unpaired) electrons. The van der Waals surface area contributed by atoms with Crippen LogP contribution in [0.25, 0.3) is 16.3 Å². The average molecular weight is 627 g/mol. The molecular weight excluding hydrogens is 572 g/mol. The maximum absolute atomic E-state index is 12.0. The maximum Gasteiger partial charge on any atom is 0.335 e. The summed E-state index contributed by atoms with van der Waals surface area (Å²) in [5, 5.41) is 11.5. The van der Waals surface area contributed by atoms with Crippen LogP contribution in [0.15, 0.2) is 91.6 Å². The van der Waals surface area contributed by atoms with Crippen molar-refractivity contribution in [2.45, 2.75) is 84.5 Å². The highest BCUT2D eigenvalue weighted by Crippen LogP contribution is 2.34. The molecule has 0 aliphatic heterocycles. The summed E-state index contributed by atoms with van der Waals surface area (Å²) < 4.78 is 10.6. The van der Waals surface area contributed by atoms with E-state index in [0.717, 1.165) is 35.0 Å². The molecule has 1 aliphatic rings. The van der Waals surface area contributed by atoms with E-state index in [2.05, 4.69) is 69.6 Å². The van der Waals surface area contributed by atoms with E-state index in [1.165, 1.54) is 74.1 Å². The van der Waals surface area contributed by atoms with Crippen LogP contribution in [0.1, 0.15) is 89.2 Å². The Balaban J connectivity index is 1.50. The Labute approximate surface area is 276 Å². The number of fused-ring (bicyclic) bond motifs is 1. The fraction of sp³-hybridized carbons (Fsp3) is 0.463. The van der Waals surface area contributed by atoms with Crippen molar-refractivity contribution in [2.75, 3.05) is 19.8 Å². The largest absolute Gasteiger partial charge is 0.462 e. The van der Waals surface area contributed by atoms with Crippen LogP contribution in [0.2, 0.25) is 0 Å². The molecule has 0 aromatic heterocycles. The molecule has 5 heteroatoms. The molecule has 1 N–H and O–H groups in total. The van der Waals surface area contributed by atoms with Gasteiger partial charge in [0.05, 0.1) is 25.4 Å². The van der Waals surface area contributed by atoms with Crippen molar-refractivity contribution in [3.8, 4) is 0 Å². The first-order valence-electron chi connectivity index (χ1n) is 17.0. The zero-order valence-corrected chi connectivity index (χ0v) is 28.2. The van der Waals surface area contributed by atoms with E-state index in [-0.39, 0.29) is 30.3 Å². The van der Waals surface area contributed by atoms with Gasteiger partial charge < -0.3 is 14.6 Å². The zero-order valence-electron chi connectivity index (χ0n) is 28.2. The van der Waals surface area contributed by atoms with Crippen molar-refractivity contribution in [3.05, 3.63) is 103 Å². The maximum atomic E-state index is 12.0. The third-order valence-electron chi connectivity index (χ3n) is 9.07. The van der Waals surface area contributed by atoms with Gasteiger partial charge in [0, 0.05) is 11.5 Å². The number of carbonyl (C=O) groups excluding carboxylic acids is 2. The lowest BCUT2D eigenvalue weighted by Gasteiger charge is -2.28. The van der Waals surface area contributed by atoms with Crippen molar-refractivity contribution < 1.29 is 24.2 Å². The summed E-state index contributed by atoms with van der Waals surface area (Å²) in [6.07, 6.45) is 17.8. The number of aliphatic hydroxyl groups excluding tert-OH is 1. The van der Waals surface area contributed by atoms with Gasteiger partial charge in [-0.1, -0.05) is 133 Å². The normalized spacial score (nSPS) is 17.0. The molecule has 248 valence electrons. The highest BCUT2D eigenvalue weighted by Gasteiger charge is 2.20. The Morgan fingerprint density at radius 3 is 2.15 bits per heavy atom. The number of hydrogen-bond donors (Lipinski definition) is 1. The van der Waals surface area contributed by atoms with Crippen molar-refractivity contribution in [1.82, 2.24) is 0 Å². The Bertz CT molecular complexity index is 1410. The van der Waals surface area contributed by atoms with Gasteiger partial charge in [-0.2, -0.15) is 0 Å². The molecule has 2 aromatic rings. The molecule has 5 nitrogen and oxygen atoms in total. The van der Waals surface area contributed by atoms with E-state index in [9.17, 15) is 9.59 Å². The first kappa shape index (κ1) is 36.8. The molecular formula is C41H54O5. The highest BCUT2D eigenvalue weighted by molar-refractivity contribution is 5.89. The number of aliphatic hydroxyl groups is 1. The van der Waals surface area contributed by atoms with Crippen LogP contribution in [-0.4, -0.2) is 36.9 Å². The summed E-state index contributed by atoms with van der Waals surface area (Å²) in [4.78, 5) is 23.9. The number of benzene rings is 2. The number of unbranched alkanes of at least 4 members (excludes halogenated alkanes) is 1. The van der Waals surface area contributed by atoms with Crippen molar-refractivity contribution in [1.29, 1.82) is 0 Å². The molecule has 1 aliphatic carbocycles. The van der Waals surface area contributed by atoms with Crippen LogP contribution in [0.3, 0.4) is 0 Å². The lowest BCUT2D eigenvalue weighted by molar-refractivity contribution is -0.144. The lowest BCUT2D eigenvalue weighted by Crippen LogP contribution is -2.22. The summed E-state index contributed by atoms with van der Waals surface area (Å²) >= 11 is 0. The highest BCUT2D eigenvalue weighted by atomic mass is 16.5. The van der Waals surface area contributed by atoms with Gasteiger partial charge in [-0.25, -0.2) is 9.59 Å². The second-order valence-electron chi connectivity index (χ2n) is 13.1. The van der Waals surface area contributed by atoms with Crippen molar-refractivity contribution in [2.24, 2.45) is 17.8 Å². The molecule has 3 rings (SSSR count). The minimum absolute atomic E-state index is 0.0121. The second-order valence-corrected chi connectivity index (χ2v) is 13.1.